The quantitative estimate of drug-likeness (QED) is 0.643. The van der Waals surface area contributed by atoms with Crippen molar-refractivity contribution in [3.05, 3.63) is 70.6 Å². The molecule has 154 valence electrons. The van der Waals surface area contributed by atoms with Crippen molar-refractivity contribution in [3.63, 3.8) is 0 Å². The van der Waals surface area contributed by atoms with Crippen molar-refractivity contribution in [2.45, 2.75) is 19.3 Å². The van der Waals surface area contributed by atoms with Crippen LogP contribution in [0.25, 0.3) is 0 Å². The summed E-state index contributed by atoms with van der Waals surface area (Å²) in [7, 11) is 0. The van der Waals surface area contributed by atoms with E-state index in [2.05, 4.69) is 20.2 Å². The standard InChI is InChI=1S/C21H21ClN6O2/c22-16-6-4-15(5-7-16)18-13-28-17(14-30-18)20(24-25-28)21(29)27-11-9-26(10-12-27)19-3-1-2-8-23-19/h1-8,18H,9-14H2/t18-/m1/s1. The highest BCUT2D eigenvalue weighted by Gasteiger charge is 2.31. The van der Waals surface area contributed by atoms with E-state index in [0.717, 1.165) is 30.2 Å². The largest absolute Gasteiger partial charge is 0.365 e. The van der Waals surface area contributed by atoms with E-state index in [1.54, 1.807) is 10.9 Å². The minimum absolute atomic E-state index is 0.0922. The van der Waals surface area contributed by atoms with Crippen LogP contribution in [-0.4, -0.2) is 57.0 Å². The lowest BCUT2D eigenvalue weighted by molar-refractivity contribution is -0.00196. The Morgan fingerprint density at radius 3 is 2.60 bits per heavy atom. The minimum atomic E-state index is -0.138. The van der Waals surface area contributed by atoms with Crippen LogP contribution in [0.3, 0.4) is 0 Å². The molecule has 1 atom stereocenters. The Morgan fingerprint density at radius 2 is 1.87 bits per heavy atom. The molecule has 4 heterocycles. The lowest BCUT2D eigenvalue weighted by Gasteiger charge is -2.35. The number of nitrogens with zero attached hydrogens (tertiary/aromatic N) is 6. The molecule has 0 spiro atoms. The highest BCUT2D eigenvalue weighted by Crippen LogP contribution is 2.28. The third-order valence-electron chi connectivity index (χ3n) is 5.58. The third-order valence-corrected chi connectivity index (χ3v) is 5.83. The van der Waals surface area contributed by atoms with Gasteiger partial charge in [0.05, 0.1) is 18.8 Å². The first-order valence-corrected chi connectivity index (χ1v) is 10.3. The van der Waals surface area contributed by atoms with E-state index in [0.29, 0.717) is 37.0 Å². The highest BCUT2D eigenvalue weighted by molar-refractivity contribution is 6.30. The Balaban J connectivity index is 1.26. The third kappa shape index (κ3) is 3.64. The highest BCUT2D eigenvalue weighted by atomic mass is 35.5. The van der Waals surface area contributed by atoms with Gasteiger partial charge < -0.3 is 14.5 Å². The monoisotopic (exact) mass is 424 g/mol. The number of piperazine rings is 1. The molecule has 1 fully saturated rings. The summed E-state index contributed by atoms with van der Waals surface area (Å²) in [6, 6.07) is 13.4. The van der Waals surface area contributed by atoms with E-state index in [9.17, 15) is 4.79 Å². The van der Waals surface area contributed by atoms with E-state index in [1.165, 1.54) is 0 Å². The number of hydrogen-bond donors (Lipinski definition) is 0. The van der Waals surface area contributed by atoms with Crippen molar-refractivity contribution in [3.8, 4) is 0 Å². The van der Waals surface area contributed by atoms with Crippen LogP contribution in [-0.2, 0) is 17.9 Å². The molecule has 0 radical (unpaired) electrons. The van der Waals surface area contributed by atoms with E-state index in [1.807, 2.05) is 47.4 Å². The van der Waals surface area contributed by atoms with Gasteiger partial charge in [0.15, 0.2) is 5.69 Å². The van der Waals surface area contributed by atoms with Gasteiger partial charge in [-0.2, -0.15) is 0 Å². The molecular formula is C21H21ClN6O2. The summed E-state index contributed by atoms with van der Waals surface area (Å²) in [5.74, 6) is 0.845. The lowest BCUT2D eigenvalue weighted by atomic mass is 10.1. The SMILES string of the molecule is O=C(c1nnn2c1CO[C@@H](c1ccc(Cl)cc1)C2)N1CCN(c2ccccn2)CC1. The predicted octanol–water partition coefficient (Wildman–Crippen LogP) is 2.56. The van der Waals surface area contributed by atoms with Crippen LogP contribution in [0.4, 0.5) is 5.82 Å². The number of aromatic nitrogens is 4. The van der Waals surface area contributed by atoms with Crippen LogP contribution in [0.1, 0.15) is 27.8 Å². The van der Waals surface area contributed by atoms with Gasteiger partial charge in [-0.25, -0.2) is 9.67 Å². The van der Waals surface area contributed by atoms with Gasteiger partial charge in [-0.1, -0.05) is 35.0 Å². The number of fused-ring (bicyclic) bond motifs is 1. The molecule has 2 aromatic heterocycles. The van der Waals surface area contributed by atoms with Crippen LogP contribution in [0, 0.1) is 0 Å². The molecule has 0 unspecified atom stereocenters. The molecule has 0 aliphatic carbocycles. The molecule has 0 saturated carbocycles. The second-order valence-electron chi connectivity index (χ2n) is 7.39. The topological polar surface area (TPSA) is 76.4 Å². The number of benzene rings is 1. The first kappa shape index (κ1) is 19.0. The summed E-state index contributed by atoms with van der Waals surface area (Å²) in [5, 5.41) is 9.10. The Morgan fingerprint density at radius 1 is 1.07 bits per heavy atom. The van der Waals surface area contributed by atoms with Crippen LogP contribution in [0.2, 0.25) is 5.02 Å². The molecule has 8 nitrogen and oxygen atoms in total. The maximum Gasteiger partial charge on any atom is 0.276 e. The number of ether oxygens (including phenoxy) is 1. The van der Waals surface area contributed by atoms with Crippen LogP contribution >= 0.6 is 11.6 Å². The zero-order valence-corrected chi connectivity index (χ0v) is 17.1. The van der Waals surface area contributed by atoms with Gasteiger partial charge in [-0.3, -0.25) is 4.79 Å². The first-order chi connectivity index (χ1) is 14.7. The summed E-state index contributed by atoms with van der Waals surface area (Å²) in [6.45, 7) is 3.54. The fourth-order valence-electron chi connectivity index (χ4n) is 3.89. The van der Waals surface area contributed by atoms with Gasteiger partial charge in [-0.15, -0.1) is 5.10 Å². The summed E-state index contributed by atoms with van der Waals surface area (Å²) in [5.41, 5.74) is 2.15. The Bertz CT molecular complexity index is 1030. The maximum absolute atomic E-state index is 13.1. The lowest BCUT2D eigenvalue weighted by Crippen LogP contribution is -2.49. The predicted molar refractivity (Wildman–Crippen MR) is 111 cm³/mol. The fraction of sp³-hybridized carbons (Fsp3) is 0.333. The Labute approximate surface area is 179 Å². The number of anilines is 1. The molecule has 2 aliphatic heterocycles. The summed E-state index contributed by atoms with van der Waals surface area (Å²) in [4.78, 5) is 21.5. The molecule has 1 amide bonds. The minimum Gasteiger partial charge on any atom is -0.365 e. The number of amides is 1. The molecule has 2 aliphatic rings. The molecule has 0 N–H and O–H groups in total. The van der Waals surface area contributed by atoms with Crippen molar-refractivity contribution in [2.75, 3.05) is 31.1 Å². The fourth-order valence-corrected chi connectivity index (χ4v) is 4.01. The molecule has 1 aromatic carbocycles. The van der Waals surface area contributed by atoms with Crippen LogP contribution in [0.5, 0.6) is 0 Å². The van der Waals surface area contributed by atoms with Crippen molar-refractivity contribution in [2.24, 2.45) is 0 Å². The number of hydrogen-bond acceptors (Lipinski definition) is 6. The van der Waals surface area contributed by atoms with E-state index in [-0.39, 0.29) is 12.0 Å². The number of pyridine rings is 1. The van der Waals surface area contributed by atoms with Crippen molar-refractivity contribution in [1.29, 1.82) is 0 Å². The molecule has 0 bridgehead atoms. The van der Waals surface area contributed by atoms with Crippen LogP contribution < -0.4 is 4.90 Å². The zero-order chi connectivity index (χ0) is 20.5. The summed E-state index contributed by atoms with van der Waals surface area (Å²) in [6.07, 6.45) is 1.65. The molecule has 9 heteroatoms. The van der Waals surface area contributed by atoms with Crippen molar-refractivity contribution >= 4 is 23.3 Å². The second-order valence-corrected chi connectivity index (χ2v) is 7.82. The Hall–Kier alpha value is -2.97. The number of halogens is 1. The van der Waals surface area contributed by atoms with Gasteiger partial charge in [0.2, 0.25) is 0 Å². The number of rotatable bonds is 3. The molecule has 30 heavy (non-hydrogen) atoms. The molecule has 5 rings (SSSR count). The van der Waals surface area contributed by atoms with E-state index < -0.39 is 0 Å². The first-order valence-electron chi connectivity index (χ1n) is 9.94. The number of carbonyl (C=O) groups is 1. The molecular weight excluding hydrogens is 404 g/mol. The normalized spacial score (nSPS) is 18.9. The van der Waals surface area contributed by atoms with Gasteiger partial charge >= 0.3 is 0 Å². The van der Waals surface area contributed by atoms with Crippen molar-refractivity contribution in [1.82, 2.24) is 24.9 Å². The maximum atomic E-state index is 13.1. The average molecular weight is 425 g/mol. The molecule has 3 aromatic rings. The van der Waals surface area contributed by atoms with Gasteiger partial charge in [0.25, 0.3) is 5.91 Å². The van der Waals surface area contributed by atoms with Crippen LogP contribution in [0.15, 0.2) is 48.7 Å². The van der Waals surface area contributed by atoms with E-state index in [4.69, 9.17) is 16.3 Å². The van der Waals surface area contributed by atoms with Gasteiger partial charge in [0, 0.05) is 37.4 Å². The summed E-state index contributed by atoms with van der Waals surface area (Å²) >= 11 is 5.97. The van der Waals surface area contributed by atoms with E-state index >= 15 is 0 Å². The average Bonchev–Trinajstić information content (AvgIpc) is 3.23. The van der Waals surface area contributed by atoms with Gasteiger partial charge in [-0.05, 0) is 29.8 Å². The second kappa shape index (κ2) is 8.04. The Kier molecular flexibility index (Phi) is 5.10. The zero-order valence-electron chi connectivity index (χ0n) is 16.3. The smallest absolute Gasteiger partial charge is 0.276 e. The molecule has 1 saturated heterocycles. The van der Waals surface area contributed by atoms with Crippen molar-refractivity contribution < 1.29 is 9.53 Å². The van der Waals surface area contributed by atoms with Gasteiger partial charge in [0.1, 0.15) is 11.9 Å². The number of carbonyl (C=O) groups excluding carboxylic acids is 1. The summed E-state index contributed by atoms with van der Waals surface area (Å²) < 4.78 is 7.79.